The Labute approximate surface area is 203 Å². The molecule has 6 unspecified atom stereocenters. The lowest BCUT2D eigenvalue weighted by Gasteiger charge is -2.73. The monoisotopic (exact) mass is 465 g/mol. The van der Waals surface area contributed by atoms with Crippen LogP contribution in [0.25, 0.3) is 0 Å². The predicted molar refractivity (Wildman–Crippen MR) is 130 cm³/mol. The van der Waals surface area contributed by atoms with Crippen LogP contribution in [-0.2, 0) is 16.6 Å². The first-order valence-corrected chi connectivity index (χ1v) is 13.3. The molecule has 5 heteroatoms. The molecule has 1 aromatic rings. The summed E-state index contributed by atoms with van der Waals surface area (Å²) in [5.41, 5.74) is 0.165. The van der Waals surface area contributed by atoms with E-state index in [4.69, 9.17) is 9.47 Å². The number of phenolic OH excluding ortho intramolecular Hbond substituents is 1. The average molecular weight is 466 g/mol. The summed E-state index contributed by atoms with van der Waals surface area (Å²) in [5, 5.41) is 23.1. The Balaban J connectivity index is 1.49. The van der Waals surface area contributed by atoms with Crippen molar-refractivity contribution in [3.63, 3.8) is 0 Å². The van der Waals surface area contributed by atoms with Gasteiger partial charge in [0.15, 0.2) is 11.5 Å². The maximum atomic E-state index is 12.2. The quantitative estimate of drug-likeness (QED) is 0.653. The molecule has 7 aliphatic rings. The Morgan fingerprint density at radius 3 is 2.62 bits per heavy atom. The van der Waals surface area contributed by atoms with Crippen LogP contribution in [0.3, 0.4) is 0 Å². The fourth-order valence-electron chi connectivity index (χ4n) is 8.94. The maximum absolute atomic E-state index is 12.2. The normalized spacial score (nSPS) is 43.4. The number of likely N-dealkylation sites (tertiary alicyclic amines) is 1. The molecule has 1 aromatic carbocycles. The molecule has 2 N–H and O–H groups in total. The molecule has 34 heavy (non-hydrogen) atoms. The summed E-state index contributed by atoms with van der Waals surface area (Å²) >= 11 is 0. The highest BCUT2D eigenvalue weighted by molar-refractivity contribution is 5.65. The standard InChI is InChI=1S/C29H39NO4/c1-25(2,3)26(4,32)20-15-27-10-11-29(20,33-5)24-28(27)12-13-30(16-17-6-7-17)21(27)14-18-8-9-19(31)23(34-24)22(18)28/h8-11,17,20-21,24,31-32H,6-7,12-16H2,1-5H3/t20?,21?,24?,26?,27?,28-,29?/m0/s1. The van der Waals surface area contributed by atoms with Gasteiger partial charge in [-0.3, -0.25) is 4.90 Å². The van der Waals surface area contributed by atoms with Gasteiger partial charge in [0.05, 0.1) is 11.0 Å². The fourth-order valence-corrected chi connectivity index (χ4v) is 8.94. The number of hydrogen-bond acceptors (Lipinski definition) is 5. The van der Waals surface area contributed by atoms with Crippen molar-refractivity contribution >= 4 is 0 Å². The highest BCUT2D eigenvalue weighted by Crippen LogP contribution is 2.76. The summed E-state index contributed by atoms with van der Waals surface area (Å²) in [6, 6.07) is 4.33. The van der Waals surface area contributed by atoms with Crippen molar-refractivity contribution in [3.05, 3.63) is 35.4 Å². The number of phenols is 1. The van der Waals surface area contributed by atoms with E-state index in [1.165, 1.54) is 30.5 Å². The molecule has 0 radical (unpaired) electrons. The van der Waals surface area contributed by atoms with Crippen LogP contribution in [0.2, 0.25) is 0 Å². The van der Waals surface area contributed by atoms with Crippen LogP contribution in [0.4, 0.5) is 0 Å². The number of methoxy groups -OCH3 is 1. The van der Waals surface area contributed by atoms with Crippen molar-refractivity contribution in [2.24, 2.45) is 22.7 Å². The van der Waals surface area contributed by atoms with Gasteiger partial charge in [-0.05, 0) is 68.5 Å². The van der Waals surface area contributed by atoms with E-state index < -0.39 is 11.2 Å². The summed E-state index contributed by atoms with van der Waals surface area (Å²) in [7, 11) is 1.78. The first-order valence-electron chi connectivity index (χ1n) is 13.3. The number of hydrogen-bond donors (Lipinski definition) is 2. The second-order valence-electron chi connectivity index (χ2n) is 13.4. The summed E-state index contributed by atoms with van der Waals surface area (Å²) < 4.78 is 13.3. The van der Waals surface area contributed by atoms with Gasteiger partial charge in [0, 0.05) is 36.6 Å². The van der Waals surface area contributed by atoms with Crippen molar-refractivity contribution in [1.29, 1.82) is 0 Å². The molecule has 184 valence electrons. The van der Waals surface area contributed by atoms with Crippen molar-refractivity contribution in [2.75, 3.05) is 20.2 Å². The van der Waals surface area contributed by atoms with Crippen LogP contribution in [0, 0.1) is 22.7 Å². The van der Waals surface area contributed by atoms with Crippen LogP contribution < -0.4 is 4.74 Å². The minimum Gasteiger partial charge on any atom is -0.504 e. The van der Waals surface area contributed by atoms with Gasteiger partial charge in [-0.25, -0.2) is 0 Å². The van der Waals surface area contributed by atoms with E-state index in [1.807, 2.05) is 13.0 Å². The third kappa shape index (κ3) is 2.20. The Morgan fingerprint density at radius 2 is 1.94 bits per heavy atom. The Kier molecular flexibility index (Phi) is 3.97. The summed E-state index contributed by atoms with van der Waals surface area (Å²) in [5.74, 6) is 1.62. The van der Waals surface area contributed by atoms with Gasteiger partial charge in [-0.1, -0.05) is 39.0 Å². The zero-order valence-corrected chi connectivity index (χ0v) is 21.2. The van der Waals surface area contributed by atoms with Crippen LogP contribution in [0.5, 0.6) is 11.5 Å². The van der Waals surface area contributed by atoms with E-state index in [0.29, 0.717) is 11.8 Å². The summed E-state index contributed by atoms with van der Waals surface area (Å²) in [6.07, 6.45) is 10.0. The van der Waals surface area contributed by atoms with Crippen molar-refractivity contribution in [3.8, 4) is 11.5 Å². The fraction of sp³-hybridized carbons (Fsp3) is 0.724. The van der Waals surface area contributed by atoms with Gasteiger partial charge in [-0.2, -0.15) is 0 Å². The molecule has 2 aliphatic heterocycles. The maximum Gasteiger partial charge on any atom is 0.165 e. The topological polar surface area (TPSA) is 62.2 Å². The first kappa shape index (κ1) is 21.7. The van der Waals surface area contributed by atoms with E-state index in [0.717, 1.165) is 31.7 Å². The molecule has 2 spiro atoms. The van der Waals surface area contributed by atoms with Gasteiger partial charge in [0.1, 0.15) is 11.7 Å². The number of aliphatic hydroxyl groups is 1. The smallest absolute Gasteiger partial charge is 0.165 e. The summed E-state index contributed by atoms with van der Waals surface area (Å²) in [6.45, 7) is 10.6. The lowest BCUT2D eigenvalue weighted by Crippen LogP contribution is -2.81. The minimum atomic E-state index is -0.960. The molecule has 0 amide bonds. The second kappa shape index (κ2) is 6.22. The third-order valence-corrected chi connectivity index (χ3v) is 11.3. The molecule has 2 saturated carbocycles. The van der Waals surface area contributed by atoms with E-state index in [2.05, 4.69) is 43.9 Å². The number of nitrogens with zero attached hydrogens (tertiary/aromatic N) is 1. The van der Waals surface area contributed by atoms with E-state index in [-0.39, 0.29) is 34.0 Å². The molecule has 5 nitrogen and oxygen atoms in total. The summed E-state index contributed by atoms with van der Waals surface area (Å²) in [4.78, 5) is 2.77. The highest BCUT2D eigenvalue weighted by atomic mass is 16.6. The highest BCUT2D eigenvalue weighted by Gasteiger charge is 2.81. The van der Waals surface area contributed by atoms with Gasteiger partial charge in [-0.15, -0.1) is 0 Å². The molecular weight excluding hydrogens is 426 g/mol. The lowest BCUT2D eigenvalue weighted by atomic mass is 9.35. The number of benzene rings is 1. The number of piperidine rings is 1. The van der Waals surface area contributed by atoms with Crippen molar-refractivity contribution in [2.45, 2.75) is 88.6 Å². The lowest BCUT2D eigenvalue weighted by molar-refractivity contribution is -0.263. The number of aromatic hydroxyl groups is 1. The number of fused-ring (bicyclic) bond motifs is 1. The predicted octanol–water partition coefficient (Wildman–Crippen LogP) is 4.19. The van der Waals surface area contributed by atoms with E-state index >= 15 is 0 Å². The van der Waals surface area contributed by atoms with E-state index in [1.54, 1.807) is 7.11 Å². The van der Waals surface area contributed by atoms with Gasteiger partial charge < -0.3 is 19.7 Å². The van der Waals surface area contributed by atoms with Gasteiger partial charge >= 0.3 is 0 Å². The molecule has 0 aromatic heterocycles. The van der Waals surface area contributed by atoms with Crippen LogP contribution in [0.15, 0.2) is 24.3 Å². The van der Waals surface area contributed by atoms with Gasteiger partial charge in [0.25, 0.3) is 0 Å². The van der Waals surface area contributed by atoms with Crippen molar-refractivity contribution in [1.82, 2.24) is 4.90 Å². The average Bonchev–Trinajstić information content (AvgIpc) is 3.53. The third-order valence-electron chi connectivity index (χ3n) is 11.3. The molecule has 7 atom stereocenters. The number of ether oxygens (including phenoxy) is 2. The Bertz CT molecular complexity index is 1100. The van der Waals surface area contributed by atoms with Crippen LogP contribution >= 0.6 is 0 Å². The second-order valence-corrected chi connectivity index (χ2v) is 13.4. The molecule has 1 saturated heterocycles. The first-order chi connectivity index (χ1) is 16.0. The molecule has 2 heterocycles. The zero-order valence-electron chi connectivity index (χ0n) is 21.2. The van der Waals surface area contributed by atoms with Gasteiger partial charge in [0.2, 0.25) is 0 Å². The van der Waals surface area contributed by atoms with Crippen molar-refractivity contribution < 1.29 is 19.7 Å². The zero-order chi connectivity index (χ0) is 23.9. The molecule has 4 bridgehead atoms. The molecule has 5 aliphatic carbocycles. The van der Waals surface area contributed by atoms with Crippen LogP contribution in [-0.4, -0.2) is 58.7 Å². The Hall–Kier alpha value is -1.56. The van der Waals surface area contributed by atoms with Crippen LogP contribution in [0.1, 0.15) is 64.5 Å². The SMILES string of the molecule is COC12C=CC3(CC1C(C)(O)C(C)(C)C)C1Cc4ccc(O)c5c4[C@@]3(CCN1CC1CC1)C2O5. The molecular formula is C29H39NO4. The Morgan fingerprint density at radius 1 is 1.18 bits per heavy atom. The number of rotatable bonds is 4. The molecule has 3 fully saturated rings. The minimum absolute atomic E-state index is 0.116. The molecule has 8 rings (SSSR count). The van der Waals surface area contributed by atoms with E-state index in [9.17, 15) is 10.2 Å². The largest absolute Gasteiger partial charge is 0.504 e.